The van der Waals surface area contributed by atoms with Crippen molar-refractivity contribution in [2.24, 2.45) is 11.8 Å². The molecule has 0 bridgehead atoms. The van der Waals surface area contributed by atoms with Crippen LogP contribution in [0.15, 0.2) is 53.4 Å². The Bertz CT molecular complexity index is 950. The molecule has 2 amide bonds. The third-order valence-electron chi connectivity index (χ3n) is 5.64. The number of rotatable bonds is 3. The summed E-state index contributed by atoms with van der Waals surface area (Å²) in [7, 11) is -1.38. The van der Waals surface area contributed by atoms with Crippen molar-refractivity contribution >= 4 is 28.3 Å². The second-order valence-electron chi connectivity index (χ2n) is 8.29. The second kappa shape index (κ2) is 8.11. The predicted molar refractivity (Wildman–Crippen MR) is 114 cm³/mol. The van der Waals surface area contributed by atoms with Crippen LogP contribution >= 0.6 is 0 Å². The summed E-state index contributed by atoms with van der Waals surface area (Å²) in [6, 6.07) is 15.0. The molecule has 0 N–H and O–H groups in total. The summed E-state index contributed by atoms with van der Waals surface area (Å²) in [5.74, 6) is 0.737. The molecule has 1 fully saturated rings. The molecular weight excluding hydrogens is 384 g/mol. The fourth-order valence-electron chi connectivity index (χ4n) is 4.41. The van der Waals surface area contributed by atoms with Crippen molar-refractivity contribution < 1.29 is 13.8 Å². The fraction of sp³-hybridized carbons (Fsp3) is 0.391. The number of amides is 2. The van der Waals surface area contributed by atoms with Gasteiger partial charge in [-0.15, -0.1) is 0 Å². The lowest BCUT2D eigenvalue weighted by atomic mass is 9.91. The largest absolute Gasteiger partial charge is 0.338 e. The molecule has 1 saturated heterocycles. The van der Waals surface area contributed by atoms with Crippen molar-refractivity contribution in [2.45, 2.75) is 31.7 Å². The van der Waals surface area contributed by atoms with Crippen LogP contribution in [0, 0.1) is 11.8 Å². The minimum Gasteiger partial charge on any atom is -0.338 e. The third-order valence-corrected chi connectivity index (χ3v) is 6.98. The molecule has 0 aliphatic carbocycles. The van der Waals surface area contributed by atoms with Crippen LogP contribution in [-0.2, 0) is 22.1 Å². The molecule has 0 unspecified atom stereocenters. The molecule has 0 spiro atoms. The number of piperidine rings is 1. The Morgan fingerprint density at radius 2 is 1.76 bits per heavy atom. The average molecular weight is 411 g/mol. The van der Waals surface area contributed by atoms with Crippen molar-refractivity contribution in [3.63, 3.8) is 0 Å². The molecule has 0 saturated carbocycles. The second-order valence-corrected chi connectivity index (χ2v) is 9.71. The van der Waals surface area contributed by atoms with E-state index in [1.807, 2.05) is 35.2 Å². The van der Waals surface area contributed by atoms with Gasteiger partial charge in [-0.3, -0.25) is 13.8 Å². The van der Waals surface area contributed by atoms with E-state index in [1.165, 1.54) is 0 Å². The summed E-state index contributed by atoms with van der Waals surface area (Å²) in [5.41, 5.74) is 2.14. The number of anilines is 1. The molecule has 3 atom stereocenters. The molecule has 2 aliphatic rings. The van der Waals surface area contributed by atoms with E-state index in [0.29, 0.717) is 34.5 Å². The van der Waals surface area contributed by atoms with E-state index in [1.54, 1.807) is 23.1 Å². The maximum atomic E-state index is 13.2. The summed E-state index contributed by atoms with van der Waals surface area (Å²) in [4.78, 5) is 30.0. The van der Waals surface area contributed by atoms with Gasteiger partial charge in [0.05, 0.1) is 27.9 Å². The van der Waals surface area contributed by atoms with Crippen LogP contribution in [0.5, 0.6) is 0 Å². The first-order valence-electron chi connectivity index (χ1n) is 10.1. The Kier molecular flexibility index (Phi) is 5.54. The van der Waals surface area contributed by atoms with Gasteiger partial charge in [-0.1, -0.05) is 44.2 Å². The van der Waals surface area contributed by atoms with Gasteiger partial charge in [0.15, 0.2) is 0 Å². The molecule has 29 heavy (non-hydrogen) atoms. The Morgan fingerprint density at radius 3 is 2.45 bits per heavy atom. The van der Waals surface area contributed by atoms with Crippen molar-refractivity contribution in [1.29, 1.82) is 0 Å². The van der Waals surface area contributed by atoms with Crippen LogP contribution in [0.1, 0.15) is 36.2 Å². The standard InChI is InChI=1S/C23H26N2O3S/c1-16-10-17(2)13-24(12-16)23(27)19-8-9-21-20(11-19)25(22(26)15-29(21)28)14-18-6-4-3-5-7-18/h3-9,11,16-17H,10,12-15H2,1-2H3/t16-,17-,29+/m1/s1. The summed E-state index contributed by atoms with van der Waals surface area (Å²) >= 11 is 0. The maximum absolute atomic E-state index is 13.2. The van der Waals surface area contributed by atoms with E-state index in [4.69, 9.17) is 0 Å². The maximum Gasteiger partial charge on any atom is 0.253 e. The van der Waals surface area contributed by atoms with E-state index in [9.17, 15) is 13.8 Å². The van der Waals surface area contributed by atoms with Crippen LogP contribution in [0.2, 0.25) is 0 Å². The van der Waals surface area contributed by atoms with Crippen LogP contribution in [0.25, 0.3) is 0 Å². The normalized spacial score (nSPS) is 24.3. The number of fused-ring (bicyclic) bond motifs is 1. The van der Waals surface area contributed by atoms with Crippen molar-refractivity contribution in [3.05, 3.63) is 59.7 Å². The number of nitrogens with zero attached hydrogens (tertiary/aromatic N) is 2. The zero-order chi connectivity index (χ0) is 20.5. The summed E-state index contributed by atoms with van der Waals surface area (Å²) in [6.07, 6.45) is 1.13. The lowest BCUT2D eigenvalue weighted by Gasteiger charge is -2.35. The molecule has 0 radical (unpaired) electrons. The molecule has 2 aromatic rings. The molecule has 6 heteroatoms. The van der Waals surface area contributed by atoms with E-state index in [-0.39, 0.29) is 17.6 Å². The first-order chi connectivity index (χ1) is 13.9. The van der Waals surface area contributed by atoms with Crippen molar-refractivity contribution in [1.82, 2.24) is 4.90 Å². The minimum absolute atomic E-state index is 0.0188. The number of carbonyl (C=O) groups excluding carboxylic acids is 2. The topological polar surface area (TPSA) is 57.7 Å². The van der Waals surface area contributed by atoms with E-state index in [2.05, 4.69) is 13.8 Å². The van der Waals surface area contributed by atoms with Crippen LogP contribution in [-0.4, -0.2) is 39.8 Å². The molecule has 4 rings (SSSR count). The highest BCUT2D eigenvalue weighted by atomic mass is 32.2. The van der Waals surface area contributed by atoms with Crippen molar-refractivity contribution in [2.75, 3.05) is 23.7 Å². The fourth-order valence-corrected chi connectivity index (χ4v) is 5.56. The van der Waals surface area contributed by atoms with Crippen molar-refractivity contribution in [3.8, 4) is 0 Å². The van der Waals surface area contributed by atoms with Crippen LogP contribution < -0.4 is 4.90 Å². The molecule has 5 nitrogen and oxygen atoms in total. The highest BCUT2D eigenvalue weighted by Gasteiger charge is 2.31. The molecule has 152 valence electrons. The Balaban J connectivity index is 1.67. The van der Waals surface area contributed by atoms with E-state index < -0.39 is 10.8 Å². The van der Waals surface area contributed by atoms with Gasteiger partial charge in [0, 0.05) is 18.7 Å². The highest BCUT2D eigenvalue weighted by Crippen LogP contribution is 2.32. The minimum atomic E-state index is -1.38. The molecule has 0 aromatic heterocycles. The molecule has 2 aromatic carbocycles. The smallest absolute Gasteiger partial charge is 0.253 e. The summed E-state index contributed by atoms with van der Waals surface area (Å²) < 4.78 is 12.5. The quantitative estimate of drug-likeness (QED) is 0.779. The molecular formula is C23H26N2O3S. The summed E-state index contributed by atoms with van der Waals surface area (Å²) in [5, 5.41) is 0. The SMILES string of the molecule is C[C@@H]1C[C@@H](C)CN(C(=O)c2ccc3c(c2)N(Cc2ccccc2)C(=O)C[S@@]3=O)C1. The zero-order valence-corrected chi connectivity index (χ0v) is 17.7. The van der Waals surface area contributed by atoms with E-state index in [0.717, 1.165) is 25.1 Å². The lowest BCUT2D eigenvalue weighted by Crippen LogP contribution is -2.43. The Morgan fingerprint density at radius 1 is 1.07 bits per heavy atom. The third kappa shape index (κ3) is 4.13. The number of benzene rings is 2. The van der Waals surface area contributed by atoms with E-state index >= 15 is 0 Å². The number of likely N-dealkylation sites (tertiary alicyclic amines) is 1. The average Bonchev–Trinajstić information content (AvgIpc) is 2.70. The van der Waals surface area contributed by atoms with Gasteiger partial charge < -0.3 is 9.80 Å². The lowest BCUT2D eigenvalue weighted by molar-refractivity contribution is -0.116. The first kappa shape index (κ1) is 19.8. The molecule has 2 heterocycles. The predicted octanol–water partition coefficient (Wildman–Crippen LogP) is 3.46. The Labute approximate surface area is 174 Å². The zero-order valence-electron chi connectivity index (χ0n) is 16.8. The number of hydrogen-bond acceptors (Lipinski definition) is 3. The van der Waals surface area contributed by atoms with Crippen LogP contribution in [0.3, 0.4) is 0 Å². The number of carbonyl (C=O) groups is 2. The van der Waals surface area contributed by atoms with Gasteiger partial charge in [0.1, 0.15) is 5.75 Å². The van der Waals surface area contributed by atoms with Gasteiger partial charge in [0.2, 0.25) is 5.91 Å². The van der Waals surface area contributed by atoms with Crippen LogP contribution in [0.4, 0.5) is 5.69 Å². The van der Waals surface area contributed by atoms with Gasteiger partial charge in [0.25, 0.3) is 5.91 Å². The Hall–Kier alpha value is -2.47. The highest BCUT2D eigenvalue weighted by molar-refractivity contribution is 7.86. The van der Waals surface area contributed by atoms with Gasteiger partial charge in [-0.05, 0) is 42.0 Å². The number of hydrogen-bond donors (Lipinski definition) is 0. The molecule has 2 aliphatic heterocycles. The van der Waals surface area contributed by atoms with Gasteiger partial charge in [-0.2, -0.15) is 0 Å². The first-order valence-corrected chi connectivity index (χ1v) is 11.4. The van der Waals surface area contributed by atoms with Gasteiger partial charge >= 0.3 is 0 Å². The van der Waals surface area contributed by atoms with Gasteiger partial charge in [-0.25, -0.2) is 0 Å². The monoisotopic (exact) mass is 410 g/mol. The summed E-state index contributed by atoms with van der Waals surface area (Å²) in [6.45, 7) is 6.25.